The molecular formula is C18H25N3O5. The largest absolute Gasteiger partial charge is 0.481 e. The lowest BCUT2D eigenvalue weighted by atomic mass is 9.98. The van der Waals surface area contributed by atoms with Crippen molar-refractivity contribution in [2.75, 3.05) is 31.1 Å². The number of aliphatic carboxylic acids is 1. The van der Waals surface area contributed by atoms with E-state index in [1.165, 1.54) is 11.0 Å². The van der Waals surface area contributed by atoms with Gasteiger partial charge in [-0.1, -0.05) is 6.92 Å². The molecule has 0 unspecified atom stereocenters. The molecule has 2 rings (SSSR count). The van der Waals surface area contributed by atoms with Crippen molar-refractivity contribution < 1.29 is 19.6 Å². The summed E-state index contributed by atoms with van der Waals surface area (Å²) in [6.07, 6.45) is 1.80. The first-order chi connectivity index (χ1) is 12.3. The quantitative estimate of drug-likeness (QED) is 0.590. The Bertz CT molecular complexity index is 683. The van der Waals surface area contributed by atoms with Crippen LogP contribution in [-0.2, 0) is 4.79 Å². The van der Waals surface area contributed by atoms with E-state index in [-0.39, 0.29) is 24.2 Å². The number of carboxylic acid groups (broad SMARTS) is 1. The number of carboxylic acids is 1. The number of nitro groups is 1. The highest BCUT2D eigenvalue weighted by Crippen LogP contribution is 2.32. The molecule has 0 aliphatic carbocycles. The first kappa shape index (κ1) is 19.7. The Kier molecular flexibility index (Phi) is 6.54. The molecule has 0 aromatic heterocycles. The molecule has 0 bridgehead atoms. The van der Waals surface area contributed by atoms with Gasteiger partial charge in [-0.3, -0.25) is 19.7 Å². The van der Waals surface area contributed by atoms with Gasteiger partial charge in [0, 0.05) is 37.8 Å². The molecule has 1 N–H and O–H groups in total. The SMILES string of the molecule is CCN(CCC(=O)O)C(=O)c1ccc(N2CCC(C)CC2)c([N+](=O)[O-])c1. The lowest BCUT2D eigenvalue weighted by molar-refractivity contribution is -0.384. The molecule has 0 atom stereocenters. The highest BCUT2D eigenvalue weighted by molar-refractivity contribution is 5.96. The van der Waals surface area contributed by atoms with Gasteiger partial charge in [0.2, 0.25) is 0 Å². The average molecular weight is 363 g/mol. The molecule has 26 heavy (non-hydrogen) atoms. The third kappa shape index (κ3) is 4.71. The minimum atomic E-state index is -0.989. The summed E-state index contributed by atoms with van der Waals surface area (Å²) < 4.78 is 0. The second-order valence-corrected chi connectivity index (χ2v) is 6.66. The van der Waals surface area contributed by atoms with Crippen LogP contribution in [-0.4, -0.2) is 53.0 Å². The van der Waals surface area contributed by atoms with Gasteiger partial charge in [-0.15, -0.1) is 0 Å². The van der Waals surface area contributed by atoms with Gasteiger partial charge in [-0.05, 0) is 37.8 Å². The molecule has 1 saturated heterocycles. The number of rotatable bonds is 7. The van der Waals surface area contributed by atoms with E-state index < -0.39 is 16.8 Å². The van der Waals surface area contributed by atoms with Crippen LogP contribution < -0.4 is 4.90 Å². The Balaban J connectivity index is 2.25. The number of hydrogen-bond donors (Lipinski definition) is 1. The summed E-state index contributed by atoms with van der Waals surface area (Å²) in [7, 11) is 0. The Morgan fingerprint density at radius 3 is 2.54 bits per heavy atom. The van der Waals surface area contributed by atoms with E-state index in [2.05, 4.69) is 6.92 Å². The summed E-state index contributed by atoms with van der Waals surface area (Å²) >= 11 is 0. The molecule has 0 saturated carbocycles. The van der Waals surface area contributed by atoms with Gasteiger partial charge in [0.15, 0.2) is 0 Å². The number of carbonyl (C=O) groups excluding carboxylic acids is 1. The summed E-state index contributed by atoms with van der Waals surface area (Å²) in [4.78, 5) is 37.8. The maximum atomic E-state index is 12.6. The smallest absolute Gasteiger partial charge is 0.305 e. The first-order valence-electron chi connectivity index (χ1n) is 8.88. The first-order valence-corrected chi connectivity index (χ1v) is 8.88. The summed E-state index contributed by atoms with van der Waals surface area (Å²) in [5.41, 5.74) is 0.657. The Hall–Kier alpha value is -2.64. The molecule has 0 radical (unpaired) electrons. The lowest BCUT2D eigenvalue weighted by Gasteiger charge is -2.31. The summed E-state index contributed by atoms with van der Waals surface area (Å²) in [6.45, 7) is 5.85. The molecule has 8 nitrogen and oxygen atoms in total. The molecule has 1 aliphatic heterocycles. The number of benzene rings is 1. The zero-order chi connectivity index (χ0) is 19.3. The van der Waals surface area contributed by atoms with E-state index in [0.717, 1.165) is 25.9 Å². The zero-order valence-corrected chi connectivity index (χ0v) is 15.2. The van der Waals surface area contributed by atoms with Crippen LogP contribution in [0.2, 0.25) is 0 Å². The van der Waals surface area contributed by atoms with Crippen molar-refractivity contribution in [1.82, 2.24) is 4.90 Å². The van der Waals surface area contributed by atoms with E-state index in [9.17, 15) is 19.7 Å². The Morgan fingerprint density at radius 2 is 2.00 bits per heavy atom. The maximum absolute atomic E-state index is 12.6. The van der Waals surface area contributed by atoms with Crippen molar-refractivity contribution in [2.24, 2.45) is 5.92 Å². The molecule has 1 heterocycles. The number of nitrogens with zero attached hydrogens (tertiary/aromatic N) is 3. The highest BCUT2D eigenvalue weighted by atomic mass is 16.6. The van der Waals surface area contributed by atoms with Gasteiger partial charge in [0.1, 0.15) is 5.69 Å². The Morgan fingerprint density at radius 1 is 1.35 bits per heavy atom. The molecule has 1 amide bonds. The fourth-order valence-electron chi connectivity index (χ4n) is 3.14. The van der Waals surface area contributed by atoms with E-state index >= 15 is 0 Å². The molecule has 8 heteroatoms. The van der Waals surface area contributed by atoms with Gasteiger partial charge >= 0.3 is 5.97 Å². The number of anilines is 1. The zero-order valence-electron chi connectivity index (χ0n) is 15.2. The fourth-order valence-corrected chi connectivity index (χ4v) is 3.14. The van der Waals surface area contributed by atoms with E-state index in [1.54, 1.807) is 19.1 Å². The van der Waals surface area contributed by atoms with Crippen molar-refractivity contribution in [2.45, 2.75) is 33.1 Å². The topological polar surface area (TPSA) is 104 Å². The average Bonchev–Trinajstić information content (AvgIpc) is 2.62. The van der Waals surface area contributed by atoms with E-state index in [4.69, 9.17) is 5.11 Å². The van der Waals surface area contributed by atoms with Crippen molar-refractivity contribution in [1.29, 1.82) is 0 Å². The second kappa shape index (κ2) is 8.64. The molecule has 0 spiro atoms. The van der Waals surface area contributed by atoms with Crippen LogP contribution >= 0.6 is 0 Å². The number of nitro benzene ring substituents is 1. The predicted octanol–water partition coefficient (Wildman–Crippen LogP) is 2.77. The summed E-state index contributed by atoms with van der Waals surface area (Å²) in [5, 5.41) is 20.3. The van der Waals surface area contributed by atoms with Crippen LogP contribution in [0, 0.1) is 16.0 Å². The van der Waals surface area contributed by atoms with Crippen molar-refractivity contribution in [3.63, 3.8) is 0 Å². The van der Waals surface area contributed by atoms with Crippen LogP contribution in [0.5, 0.6) is 0 Å². The number of carbonyl (C=O) groups is 2. The minimum Gasteiger partial charge on any atom is -0.481 e. The van der Waals surface area contributed by atoms with Gasteiger partial charge in [-0.2, -0.15) is 0 Å². The monoisotopic (exact) mass is 363 g/mol. The van der Waals surface area contributed by atoms with Crippen LogP contribution in [0.25, 0.3) is 0 Å². The second-order valence-electron chi connectivity index (χ2n) is 6.66. The van der Waals surface area contributed by atoms with Crippen molar-refractivity contribution in [3.05, 3.63) is 33.9 Å². The van der Waals surface area contributed by atoms with Crippen molar-refractivity contribution in [3.8, 4) is 0 Å². The van der Waals surface area contributed by atoms with Crippen molar-refractivity contribution >= 4 is 23.3 Å². The summed E-state index contributed by atoms with van der Waals surface area (Å²) in [5.74, 6) is -0.772. The molecule has 1 aliphatic rings. The molecule has 1 fully saturated rings. The number of piperidine rings is 1. The third-order valence-corrected chi connectivity index (χ3v) is 4.81. The number of hydrogen-bond acceptors (Lipinski definition) is 5. The van der Waals surface area contributed by atoms with E-state index in [0.29, 0.717) is 18.2 Å². The van der Waals surface area contributed by atoms with Gasteiger partial charge in [0.05, 0.1) is 11.3 Å². The van der Waals surface area contributed by atoms with Crippen LogP contribution in [0.3, 0.4) is 0 Å². The van der Waals surface area contributed by atoms with Gasteiger partial charge < -0.3 is 14.9 Å². The predicted molar refractivity (Wildman–Crippen MR) is 97.5 cm³/mol. The Labute approximate surface area is 152 Å². The van der Waals surface area contributed by atoms with Crippen LogP contribution in [0.15, 0.2) is 18.2 Å². The maximum Gasteiger partial charge on any atom is 0.305 e. The van der Waals surface area contributed by atoms with Crippen LogP contribution in [0.4, 0.5) is 11.4 Å². The van der Waals surface area contributed by atoms with E-state index in [1.807, 2.05) is 4.90 Å². The third-order valence-electron chi connectivity index (χ3n) is 4.81. The number of amides is 1. The standard InChI is InChI=1S/C18H25N3O5/c1-3-19(11-8-17(22)23)18(24)14-4-5-15(16(12-14)21(25)26)20-9-6-13(2)7-10-20/h4-5,12-13H,3,6-11H2,1-2H3,(H,22,23). The normalized spacial score (nSPS) is 14.9. The molecule has 1 aromatic rings. The molecule has 142 valence electrons. The van der Waals surface area contributed by atoms with Crippen LogP contribution in [0.1, 0.15) is 43.5 Å². The lowest BCUT2D eigenvalue weighted by Crippen LogP contribution is -2.34. The minimum absolute atomic E-state index is 0.0736. The molecular weight excluding hydrogens is 338 g/mol. The fraction of sp³-hybridized carbons (Fsp3) is 0.556. The van der Waals surface area contributed by atoms with Gasteiger partial charge in [-0.25, -0.2) is 0 Å². The van der Waals surface area contributed by atoms with Gasteiger partial charge in [0.25, 0.3) is 11.6 Å². The molecule has 1 aromatic carbocycles. The summed E-state index contributed by atoms with van der Waals surface area (Å²) in [6, 6.07) is 4.53. The highest BCUT2D eigenvalue weighted by Gasteiger charge is 2.26.